The van der Waals surface area contributed by atoms with E-state index in [4.69, 9.17) is 4.74 Å². The summed E-state index contributed by atoms with van der Waals surface area (Å²) in [6.45, 7) is 6.59. The van der Waals surface area contributed by atoms with Crippen molar-refractivity contribution >= 4 is 15.9 Å². The summed E-state index contributed by atoms with van der Waals surface area (Å²) in [5.41, 5.74) is 0. The van der Waals surface area contributed by atoms with Gasteiger partial charge in [0.1, 0.15) is 0 Å². The Bertz CT molecular complexity index is 148. The van der Waals surface area contributed by atoms with Crippen molar-refractivity contribution in [2.75, 3.05) is 38.7 Å². The molecule has 0 aromatic rings. The van der Waals surface area contributed by atoms with E-state index >= 15 is 0 Å². The van der Waals surface area contributed by atoms with Crippen LogP contribution in [0.1, 0.15) is 19.8 Å². The summed E-state index contributed by atoms with van der Waals surface area (Å²) in [7, 11) is 2.22. The third-order valence-electron chi connectivity index (χ3n) is 2.71. The fraction of sp³-hybridized carbons (Fsp3) is 1.00. The molecule has 0 bridgehead atoms. The summed E-state index contributed by atoms with van der Waals surface area (Å²) in [5, 5.41) is 1.10. The van der Waals surface area contributed by atoms with E-state index in [0.717, 1.165) is 30.4 Å². The van der Waals surface area contributed by atoms with E-state index in [0.29, 0.717) is 0 Å². The number of hydrogen-bond acceptors (Lipinski definition) is 2. The standard InChI is InChI=1S/C11H22BrNO/c1-10(6-12)7-13(2)8-11-4-3-5-14-9-11/h10-11H,3-9H2,1-2H3. The molecule has 1 fully saturated rings. The lowest BCUT2D eigenvalue weighted by Gasteiger charge is -2.28. The number of halogens is 1. The van der Waals surface area contributed by atoms with Crippen LogP contribution in [0.15, 0.2) is 0 Å². The largest absolute Gasteiger partial charge is 0.381 e. The number of nitrogens with zero attached hydrogens (tertiary/aromatic N) is 1. The van der Waals surface area contributed by atoms with E-state index in [1.165, 1.54) is 25.9 Å². The molecule has 84 valence electrons. The molecule has 2 unspecified atom stereocenters. The Kier molecular flexibility index (Phi) is 6.06. The first kappa shape index (κ1) is 12.5. The summed E-state index contributed by atoms with van der Waals surface area (Å²) in [6, 6.07) is 0. The van der Waals surface area contributed by atoms with Crippen LogP contribution in [0.25, 0.3) is 0 Å². The lowest BCUT2D eigenvalue weighted by atomic mass is 10.0. The van der Waals surface area contributed by atoms with Gasteiger partial charge in [0, 0.05) is 25.0 Å². The molecule has 1 rings (SSSR count). The van der Waals surface area contributed by atoms with Gasteiger partial charge in [-0.3, -0.25) is 0 Å². The van der Waals surface area contributed by atoms with Crippen LogP contribution < -0.4 is 0 Å². The number of ether oxygens (including phenoxy) is 1. The molecule has 1 saturated heterocycles. The van der Waals surface area contributed by atoms with Crippen LogP contribution >= 0.6 is 15.9 Å². The monoisotopic (exact) mass is 263 g/mol. The van der Waals surface area contributed by atoms with Crippen molar-refractivity contribution in [2.45, 2.75) is 19.8 Å². The van der Waals surface area contributed by atoms with Crippen LogP contribution in [0.3, 0.4) is 0 Å². The van der Waals surface area contributed by atoms with Crippen LogP contribution in [0.2, 0.25) is 0 Å². The quantitative estimate of drug-likeness (QED) is 0.707. The molecule has 14 heavy (non-hydrogen) atoms. The highest BCUT2D eigenvalue weighted by atomic mass is 79.9. The fourth-order valence-corrected chi connectivity index (χ4v) is 2.25. The highest BCUT2D eigenvalue weighted by molar-refractivity contribution is 9.09. The summed E-state index contributed by atoms with van der Waals surface area (Å²) < 4.78 is 5.48. The first-order chi connectivity index (χ1) is 6.72. The average Bonchev–Trinajstić information content (AvgIpc) is 2.19. The molecule has 0 aromatic heterocycles. The smallest absolute Gasteiger partial charge is 0.0506 e. The molecular formula is C11H22BrNO. The maximum atomic E-state index is 5.48. The van der Waals surface area contributed by atoms with Crippen LogP contribution in [0.5, 0.6) is 0 Å². The molecule has 2 atom stereocenters. The Morgan fingerprint density at radius 2 is 2.36 bits per heavy atom. The number of rotatable bonds is 5. The van der Waals surface area contributed by atoms with Crippen LogP contribution in [-0.4, -0.2) is 43.6 Å². The summed E-state index contributed by atoms with van der Waals surface area (Å²) in [4.78, 5) is 2.44. The van der Waals surface area contributed by atoms with Gasteiger partial charge in [0.05, 0.1) is 6.61 Å². The minimum Gasteiger partial charge on any atom is -0.381 e. The molecule has 1 aliphatic heterocycles. The second kappa shape index (κ2) is 6.81. The zero-order valence-corrected chi connectivity index (χ0v) is 10.9. The molecule has 0 N–H and O–H groups in total. The molecule has 0 aliphatic carbocycles. The molecular weight excluding hydrogens is 242 g/mol. The van der Waals surface area contributed by atoms with Gasteiger partial charge in [0.25, 0.3) is 0 Å². The SMILES string of the molecule is CC(CBr)CN(C)CC1CCCOC1. The minimum absolute atomic E-state index is 0.740. The van der Waals surface area contributed by atoms with Gasteiger partial charge >= 0.3 is 0 Å². The highest BCUT2D eigenvalue weighted by Crippen LogP contribution is 2.15. The summed E-state index contributed by atoms with van der Waals surface area (Å²) in [6.07, 6.45) is 2.58. The van der Waals surface area contributed by atoms with Crippen molar-refractivity contribution < 1.29 is 4.74 Å². The Morgan fingerprint density at radius 1 is 1.57 bits per heavy atom. The molecule has 1 aliphatic rings. The van der Waals surface area contributed by atoms with Crippen molar-refractivity contribution in [3.8, 4) is 0 Å². The molecule has 1 heterocycles. The van der Waals surface area contributed by atoms with Gasteiger partial charge in [-0.05, 0) is 31.7 Å². The third kappa shape index (κ3) is 4.76. The van der Waals surface area contributed by atoms with Gasteiger partial charge in [0.15, 0.2) is 0 Å². The van der Waals surface area contributed by atoms with Crippen molar-refractivity contribution in [1.82, 2.24) is 4.90 Å². The molecule has 0 radical (unpaired) electrons. The Labute approximate surface area is 96.1 Å². The average molecular weight is 264 g/mol. The first-order valence-electron chi connectivity index (χ1n) is 5.54. The van der Waals surface area contributed by atoms with Crippen molar-refractivity contribution in [3.05, 3.63) is 0 Å². The maximum Gasteiger partial charge on any atom is 0.0506 e. The van der Waals surface area contributed by atoms with Crippen LogP contribution in [0.4, 0.5) is 0 Å². The fourth-order valence-electron chi connectivity index (χ4n) is 2.05. The van der Waals surface area contributed by atoms with E-state index in [-0.39, 0.29) is 0 Å². The Hall–Kier alpha value is 0.400. The summed E-state index contributed by atoms with van der Waals surface area (Å²) in [5.74, 6) is 1.50. The van der Waals surface area contributed by atoms with Crippen molar-refractivity contribution in [2.24, 2.45) is 11.8 Å². The predicted molar refractivity (Wildman–Crippen MR) is 64.0 cm³/mol. The van der Waals surface area contributed by atoms with Gasteiger partial charge in [-0.25, -0.2) is 0 Å². The lowest BCUT2D eigenvalue weighted by molar-refractivity contribution is 0.0408. The maximum absolute atomic E-state index is 5.48. The topological polar surface area (TPSA) is 12.5 Å². The van der Waals surface area contributed by atoms with Gasteiger partial charge in [-0.1, -0.05) is 22.9 Å². The van der Waals surface area contributed by atoms with E-state index in [9.17, 15) is 0 Å². The normalized spacial score (nSPS) is 25.3. The summed E-state index contributed by atoms with van der Waals surface area (Å²) >= 11 is 3.52. The van der Waals surface area contributed by atoms with Gasteiger partial charge < -0.3 is 9.64 Å². The van der Waals surface area contributed by atoms with E-state index in [2.05, 4.69) is 34.8 Å². The van der Waals surface area contributed by atoms with Crippen molar-refractivity contribution in [1.29, 1.82) is 0 Å². The molecule has 2 nitrogen and oxygen atoms in total. The molecule has 0 aromatic carbocycles. The minimum atomic E-state index is 0.740. The van der Waals surface area contributed by atoms with E-state index in [1.54, 1.807) is 0 Å². The molecule has 0 spiro atoms. The Morgan fingerprint density at radius 3 is 2.93 bits per heavy atom. The molecule has 3 heteroatoms. The highest BCUT2D eigenvalue weighted by Gasteiger charge is 2.16. The van der Waals surface area contributed by atoms with Crippen molar-refractivity contribution in [3.63, 3.8) is 0 Å². The second-order valence-corrected chi connectivity index (χ2v) is 5.21. The second-order valence-electron chi connectivity index (χ2n) is 4.56. The zero-order chi connectivity index (χ0) is 10.4. The van der Waals surface area contributed by atoms with Gasteiger partial charge in [0.2, 0.25) is 0 Å². The van der Waals surface area contributed by atoms with Crippen LogP contribution in [0, 0.1) is 11.8 Å². The predicted octanol–water partition coefficient (Wildman–Crippen LogP) is 2.38. The van der Waals surface area contributed by atoms with Crippen LogP contribution in [-0.2, 0) is 4.74 Å². The third-order valence-corrected chi connectivity index (χ3v) is 3.82. The molecule has 0 amide bonds. The number of alkyl halides is 1. The van der Waals surface area contributed by atoms with E-state index < -0.39 is 0 Å². The van der Waals surface area contributed by atoms with E-state index in [1.807, 2.05) is 0 Å². The lowest BCUT2D eigenvalue weighted by Crippen LogP contribution is -2.33. The first-order valence-corrected chi connectivity index (χ1v) is 6.66. The van der Waals surface area contributed by atoms with Gasteiger partial charge in [-0.15, -0.1) is 0 Å². The zero-order valence-electron chi connectivity index (χ0n) is 9.34. The molecule has 0 saturated carbocycles. The van der Waals surface area contributed by atoms with Gasteiger partial charge in [-0.2, -0.15) is 0 Å². The number of hydrogen-bond donors (Lipinski definition) is 0. The Balaban J connectivity index is 2.14.